The van der Waals surface area contributed by atoms with Gasteiger partial charge in [0.05, 0.1) is 6.61 Å². The summed E-state index contributed by atoms with van der Waals surface area (Å²) >= 11 is 2.12. The lowest BCUT2D eigenvalue weighted by Crippen LogP contribution is -2.29. The summed E-state index contributed by atoms with van der Waals surface area (Å²) in [4.78, 5) is 0. The van der Waals surface area contributed by atoms with E-state index in [2.05, 4.69) is 55.2 Å². The molecule has 0 aromatic heterocycles. The van der Waals surface area contributed by atoms with Gasteiger partial charge in [-0.1, -0.05) is 19.1 Å². The summed E-state index contributed by atoms with van der Waals surface area (Å²) in [5.41, 5.74) is 1.35. The third-order valence-corrected chi connectivity index (χ3v) is 5.20. The van der Waals surface area contributed by atoms with Crippen LogP contribution in [0.2, 0.25) is 0 Å². The average Bonchev–Trinajstić information content (AvgIpc) is 2.88. The molecule has 1 aromatic rings. The van der Waals surface area contributed by atoms with Crippen LogP contribution in [-0.4, -0.2) is 23.7 Å². The van der Waals surface area contributed by atoms with Crippen molar-refractivity contribution in [1.29, 1.82) is 0 Å². The maximum atomic E-state index is 5.49. The molecule has 0 heterocycles. The van der Waals surface area contributed by atoms with Crippen molar-refractivity contribution >= 4 is 11.8 Å². The summed E-state index contributed by atoms with van der Waals surface area (Å²) in [6.07, 6.45) is 4.01. The normalized spacial score (nSPS) is 23.8. The van der Waals surface area contributed by atoms with E-state index in [1.807, 2.05) is 6.92 Å². The Morgan fingerprint density at radius 2 is 2.00 bits per heavy atom. The van der Waals surface area contributed by atoms with Gasteiger partial charge in [0.25, 0.3) is 0 Å². The molecule has 3 heteroatoms. The van der Waals surface area contributed by atoms with Crippen LogP contribution < -0.4 is 10.1 Å². The lowest BCUT2D eigenvalue weighted by molar-refractivity contribution is 0.340. The van der Waals surface area contributed by atoms with Gasteiger partial charge < -0.3 is 10.1 Å². The lowest BCUT2D eigenvalue weighted by atomic mass is 10.1. The fourth-order valence-corrected chi connectivity index (χ4v) is 4.09. The van der Waals surface area contributed by atoms with Crippen molar-refractivity contribution in [3.8, 4) is 5.75 Å². The van der Waals surface area contributed by atoms with E-state index in [1.165, 1.54) is 30.6 Å². The number of ether oxygens (including phenoxy) is 1. The van der Waals surface area contributed by atoms with Crippen molar-refractivity contribution < 1.29 is 4.74 Å². The van der Waals surface area contributed by atoms with E-state index in [0.717, 1.165) is 17.6 Å². The molecule has 1 N–H and O–H groups in total. The Morgan fingerprint density at radius 3 is 2.65 bits per heavy atom. The smallest absolute Gasteiger partial charge is 0.119 e. The molecule has 112 valence electrons. The van der Waals surface area contributed by atoms with Crippen LogP contribution in [0.5, 0.6) is 5.75 Å². The van der Waals surface area contributed by atoms with E-state index in [1.54, 1.807) is 0 Å². The molecule has 0 aliphatic heterocycles. The molecule has 3 unspecified atom stereocenters. The monoisotopic (exact) mass is 293 g/mol. The third kappa shape index (κ3) is 4.42. The van der Waals surface area contributed by atoms with Gasteiger partial charge in [-0.25, -0.2) is 0 Å². The highest BCUT2D eigenvalue weighted by molar-refractivity contribution is 7.99. The van der Waals surface area contributed by atoms with Gasteiger partial charge >= 0.3 is 0 Å². The van der Waals surface area contributed by atoms with Crippen LogP contribution in [0.25, 0.3) is 0 Å². The number of benzene rings is 1. The van der Waals surface area contributed by atoms with E-state index in [-0.39, 0.29) is 0 Å². The predicted octanol–water partition coefficient (Wildman–Crippen LogP) is 4.41. The highest BCUT2D eigenvalue weighted by atomic mass is 32.2. The van der Waals surface area contributed by atoms with Crippen molar-refractivity contribution in [3.05, 3.63) is 29.8 Å². The molecular weight excluding hydrogens is 266 g/mol. The largest absolute Gasteiger partial charge is 0.494 e. The van der Waals surface area contributed by atoms with Crippen LogP contribution in [-0.2, 0) is 0 Å². The molecular formula is C17H27NOS. The summed E-state index contributed by atoms with van der Waals surface area (Å²) < 4.78 is 5.49. The lowest BCUT2D eigenvalue weighted by Gasteiger charge is -2.20. The molecule has 1 aliphatic rings. The predicted molar refractivity (Wildman–Crippen MR) is 88.7 cm³/mol. The van der Waals surface area contributed by atoms with E-state index in [0.29, 0.717) is 12.1 Å². The Bertz CT molecular complexity index is 392. The van der Waals surface area contributed by atoms with Crippen molar-refractivity contribution in [2.75, 3.05) is 12.4 Å². The maximum absolute atomic E-state index is 5.49. The third-order valence-electron chi connectivity index (χ3n) is 3.96. The van der Waals surface area contributed by atoms with Crippen LogP contribution in [0.3, 0.4) is 0 Å². The van der Waals surface area contributed by atoms with E-state index in [4.69, 9.17) is 4.74 Å². The molecule has 1 aromatic carbocycles. The Labute approximate surface area is 127 Å². The Kier molecular flexibility index (Phi) is 6.24. The highest BCUT2D eigenvalue weighted by Crippen LogP contribution is 2.31. The number of nitrogens with one attached hydrogen (secondary N) is 1. The molecule has 0 radical (unpaired) electrons. The molecule has 1 aliphatic carbocycles. The number of thioether (sulfide) groups is 1. The van der Waals surface area contributed by atoms with Crippen LogP contribution in [0, 0.1) is 0 Å². The Hall–Kier alpha value is -0.670. The van der Waals surface area contributed by atoms with Gasteiger partial charge in [-0.05, 0) is 56.6 Å². The Balaban J connectivity index is 1.84. The van der Waals surface area contributed by atoms with Crippen LogP contribution in [0.15, 0.2) is 24.3 Å². The van der Waals surface area contributed by atoms with Gasteiger partial charge in [-0.3, -0.25) is 0 Å². The fourth-order valence-electron chi connectivity index (χ4n) is 2.95. The maximum Gasteiger partial charge on any atom is 0.119 e. The van der Waals surface area contributed by atoms with E-state index >= 15 is 0 Å². The molecule has 1 fully saturated rings. The van der Waals surface area contributed by atoms with Crippen molar-refractivity contribution in [3.63, 3.8) is 0 Å². The van der Waals surface area contributed by atoms with E-state index in [9.17, 15) is 0 Å². The van der Waals surface area contributed by atoms with Gasteiger partial charge in [-0.15, -0.1) is 0 Å². The second-order valence-electron chi connectivity index (χ2n) is 5.48. The quantitative estimate of drug-likeness (QED) is 0.804. The minimum Gasteiger partial charge on any atom is -0.494 e. The molecule has 2 nitrogen and oxygen atoms in total. The van der Waals surface area contributed by atoms with Gasteiger partial charge in [-0.2, -0.15) is 11.8 Å². The standard InChI is InChI=1S/C17H27NOS/c1-4-19-16-9-6-14(7-10-16)13(3)18-15-8-11-17(12-15)20-5-2/h6-7,9-10,13,15,17-18H,4-5,8,11-12H2,1-3H3. The number of hydrogen-bond acceptors (Lipinski definition) is 3. The number of hydrogen-bond donors (Lipinski definition) is 1. The van der Waals surface area contributed by atoms with Gasteiger partial charge in [0.15, 0.2) is 0 Å². The molecule has 0 bridgehead atoms. The van der Waals surface area contributed by atoms with Crippen LogP contribution >= 0.6 is 11.8 Å². The summed E-state index contributed by atoms with van der Waals surface area (Å²) in [6, 6.07) is 9.59. The first-order valence-electron chi connectivity index (χ1n) is 7.83. The second-order valence-corrected chi connectivity index (χ2v) is 7.06. The highest BCUT2D eigenvalue weighted by Gasteiger charge is 2.25. The summed E-state index contributed by atoms with van der Waals surface area (Å²) in [7, 11) is 0. The molecule has 1 saturated carbocycles. The van der Waals surface area contributed by atoms with Crippen molar-refractivity contribution in [2.45, 2.75) is 57.4 Å². The first-order chi connectivity index (χ1) is 9.72. The van der Waals surface area contributed by atoms with Crippen molar-refractivity contribution in [2.24, 2.45) is 0 Å². The summed E-state index contributed by atoms with van der Waals surface area (Å²) in [5.74, 6) is 2.20. The summed E-state index contributed by atoms with van der Waals surface area (Å²) in [6.45, 7) is 7.26. The van der Waals surface area contributed by atoms with E-state index < -0.39 is 0 Å². The van der Waals surface area contributed by atoms with Crippen molar-refractivity contribution in [1.82, 2.24) is 5.32 Å². The zero-order chi connectivity index (χ0) is 14.4. The fraction of sp³-hybridized carbons (Fsp3) is 0.647. The first-order valence-corrected chi connectivity index (χ1v) is 8.88. The molecule has 2 rings (SSSR count). The zero-order valence-electron chi connectivity index (χ0n) is 12.9. The van der Waals surface area contributed by atoms with Gasteiger partial charge in [0.1, 0.15) is 5.75 Å². The Morgan fingerprint density at radius 1 is 1.25 bits per heavy atom. The molecule has 0 saturated heterocycles. The first kappa shape index (κ1) is 15.7. The van der Waals surface area contributed by atoms with Gasteiger partial charge in [0, 0.05) is 17.3 Å². The number of rotatable bonds is 7. The van der Waals surface area contributed by atoms with Crippen LogP contribution in [0.1, 0.15) is 51.6 Å². The SMILES string of the molecule is CCOc1ccc(C(C)NC2CCC(SCC)C2)cc1. The topological polar surface area (TPSA) is 21.3 Å². The molecule has 20 heavy (non-hydrogen) atoms. The van der Waals surface area contributed by atoms with Crippen LogP contribution in [0.4, 0.5) is 0 Å². The minimum atomic E-state index is 0.418. The zero-order valence-corrected chi connectivity index (χ0v) is 13.7. The molecule has 0 spiro atoms. The molecule has 3 atom stereocenters. The minimum absolute atomic E-state index is 0.418. The second kappa shape index (κ2) is 7.94. The summed E-state index contributed by atoms with van der Waals surface area (Å²) in [5, 5.41) is 4.65. The van der Waals surface area contributed by atoms with Gasteiger partial charge in [0.2, 0.25) is 0 Å². The molecule has 0 amide bonds. The average molecular weight is 293 g/mol.